The minimum atomic E-state index is -0.968. The second-order valence-corrected chi connectivity index (χ2v) is 9.47. The molecule has 0 bridgehead atoms. The Morgan fingerprint density at radius 1 is 0.951 bits per heavy atom. The van der Waals surface area contributed by atoms with E-state index in [1.165, 1.54) is 14.0 Å². The molecule has 4 N–H and O–H groups in total. The van der Waals surface area contributed by atoms with E-state index in [-0.39, 0.29) is 24.9 Å². The third-order valence-electron chi connectivity index (χ3n) is 6.47. The maximum atomic E-state index is 13.0. The van der Waals surface area contributed by atoms with Crippen molar-refractivity contribution in [2.75, 3.05) is 50.5 Å². The Labute approximate surface area is 241 Å². The first-order valence-electron chi connectivity index (χ1n) is 13.6. The van der Waals surface area contributed by atoms with Crippen LogP contribution in [0.4, 0.5) is 21.0 Å². The summed E-state index contributed by atoms with van der Waals surface area (Å²) in [6.45, 7) is 8.88. The highest BCUT2D eigenvalue weighted by Crippen LogP contribution is 2.26. The van der Waals surface area contributed by atoms with Crippen LogP contribution < -0.4 is 20.7 Å². The molecular formula is C30H41N5O6. The molecule has 0 aliphatic heterocycles. The van der Waals surface area contributed by atoms with Crippen LogP contribution in [0.3, 0.4) is 0 Å². The molecule has 2 aromatic carbocycles. The van der Waals surface area contributed by atoms with E-state index in [0.29, 0.717) is 43.3 Å². The third-order valence-corrected chi connectivity index (χ3v) is 6.47. The molecule has 222 valence electrons. The smallest absolute Gasteiger partial charge is 0.323 e. The summed E-state index contributed by atoms with van der Waals surface area (Å²) < 4.78 is 5.46. The molecule has 0 aliphatic rings. The van der Waals surface area contributed by atoms with Crippen LogP contribution in [0.2, 0.25) is 0 Å². The fourth-order valence-corrected chi connectivity index (χ4v) is 3.83. The monoisotopic (exact) mass is 567 g/mol. The van der Waals surface area contributed by atoms with Crippen molar-refractivity contribution in [3.05, 3.63) is 65.7 Å². The van der Waals surface area contributed by atoms with Crippen molar-refractivity contribution in [2.45, 2.75) is 34.1 Å². The number of carbonyl (C=O) groups is 4. The molecule has 11 nitrogen and oxygen atoms in total. The van der Waals surface area contributed by atoms with Crippen LogP contribution in [0, 0.1) is 12.8 Å². The van der Waals surface area contributed by atoms with E-state index in [1.807, 2.05) is 57.2 Å². The van der Waals surface area contributed by atoms with E-state index < -0.39 is 17.9 Å². The van der Waals surface area contributed by atoms with Gasteiger partial charge < -0.3 is 35.6 Å². The number of para-hydroxylation sites is 1. The zero-order chi connectivity index (χ0) is 30.4. The summed E-state index contributed by atoms with van der Waals surface area (Å²) in [7, 11) is 1.50. The first kappa shape index (κ1) is 32.7. The van der Waals surface area contributed by atoms with Gasteiger partial charge in [0.05, 0.1) is 25.1 Å². The lowest BCUT2D eigenvalue weighted by atomic mass is 10.1. The summed E-state index contributed by atoms with van der Waals surface area (Å²) >= 11 is 0. The van der Waals surface area contributed by atoms with Crippen LogP contribution in [-0.4, -0.2) is 78.7 Å². The second kappa shape index (κ2) is 16.5. The highest BCUT2D eigenvalue weighted by Gasteiger charge is 2.16. The summed E-state index contributed by atoms with van der Waals surface area (Å²) in [6, 6.07) is 11.9. The van der Waals surface area contributed by atoms with E-state index in [1.54, 1.807) is 28.0 Å². The van der Waals surface area contributed by atoms with Gasteiger partial charge in [-0.2, -0.15) is 0 Å². The van der Waals surface area contributed by atoms with Crippen LogP contribution in [0.1, 0.15) is 31.9 Å². The summed E-state index contributed by atoms with van der Waals surface area (Å²) in [4.78, 5) is 52.0. The molecule has 11 heteroatoms. The molecule has 41 heavy (non-hydrogen) atoms. The van der Waals surface area contributed by atoms with Gasteiger partial charge in [0.2, 0.25) is 5.91 Å². The van der Waals surface area contributed by atoms with Crippen LogP contribution in [-0.2, 0) is 16.0 Å². The van der Waals surface area contributed by atoms with Crippen LogP contribution in [0.25, 0.3) is 0 Å². The first-order valence-corrected chi connectivity index (χ1v) is 13.6. The number of hydrogen-bond acceptors (Lipinski definition) is 5. The first-order chi connectivity index (χ1) is 19.6. The molecule has 2 aromatic rings. The molecule has 2 rings (SSSR count). The van der Waals surface area contributed by atoms with Gasteiger partial charge in [0.15, 0.2) is 0 Å². The standard InChI is InChI=1S/C30H41N5O6/c1-6-34(16-10-11-17-35(7-2)30(40)31-20-22(4)28(37)38)27(36)19-23-14-15-25(26(18-23)41-5)33-29(39)32-24-13-9-8-12-21(24)3/h8-15,18,22H,6-7,16-17,19-20H2,1-5H3,(H,31,40)(H,37,38)(H2,32,33,39). The highest BCUT2D eigenvalue weighted by atomic mass is 16.5. The van der Waals surface area contributed by atoms with Gasteiger partial charge in [-0.25, -0.2) is 9.59 Å². The molecular weight excluding hydrogens is 526 g/mol. The van der Waals surface area contributed by atoms with Crippen molar-refractivity contribution in [2.24, 2.45) is 5.92 Å². The van der Waals surface area contributed by atoms with Gasteiger partial charge >= 0.3 is 18.0 Å². The van der Waals surface area contributed by atoms with Crippen LogP contribution in [0.15, 0.2) is 54.6 Å². The normalized spacial score (nSPS) is 11.4. The number of anilines is 2. The minimum Gasteiger partial charge on any atom is -0.495 e. The number of nitrogens with zero attached hydrogens (tertiary/aromatic N) is 2. The summed E-state index contributed by atoms with van der Waals surface area (Å²) in [5.41, 5.74) is 2.86. The maximum absolute atomic E-state index is 13.0. The molecule has 0 heterocycles. The molecule has 1 unspecified atom stereocenters. The van der Waals surface area contributed by atoms with Crippen molar-refractivity contribution in [1.29, 1.82) is 0 Å². The molecule has 0 saturated heterocycles. The number of aryl methyl sites for hydroxylation is 1. The number of amides is 5. The molecule has 0 radical (unpaired) electrons. The predicted molar refractivity (Wildman–Crippen MR) is 159 cm³/mol. The summed E-state index contributed by atoms with van der Waals surface area (Å²) in [5, 5.41) is 17.2. The van der Waals surface area contributed by atoms with Gasteiger partial charge in [0, 0.05) is 38.4 Å². The number of ether oxygens (including phenoxy) is 1. The zero-order valence-corrected chi connectivity index (χ0v) is 24.4. The average Bonchev–Trinajstić information content (AvgIpc) is 2.95. The van der Waals surface area contributed by atoms with Crippen molar-refractivity contribution in [3.63, 3.8) is 0 Å². The summed E-state index contributed by atoms with van der Waals surface area (Å²) in [5.74, 6) is -1.28. The average molecular weight is 568 g/mol. The number of urea groups is 2. The number of carboxylic acid groups (broad SMARTS) is 1. The number of benzene rings is 2. The Balaban J connectivity index is 1.92. The van der Waals surface area contributed by atoms with Gasteiger partial charge in [0.25, 0.3) is 0 Å². The molecule has 1 atom stereocenters. The SMILES string of the molecule is CCN(CC=CCN(CC)C(=O)NCC(C)C(=O)O)C(=O)Cc1ccc(NC(=O)Nc2ccccc2C)c(OC)c1. The Bertz CT molecular complexity index is 1230. The maximum Gasteiger partial charge on any atom is 0.323 e. The van der Waals surface area contributed by atoms with Crippen molar-refractivity contribution >= 4 is 35.3 Å². The fraction of sp³-hybridized carbons (Fsp3) is 0.400. The Morgan fingerprint density at radius 3 is 2.20 bits per heavy atom. The lowest BCUT2D eigenvalue weighted by molar-refractivity contribution is -0.140. The molecule has 0 spiro atoms. The highest BCUT2D eigenvalue weighted by molar-refractivity contribution is 6.01. The number of methoxy groups -OCH3 is 1. The largest absolute Gasteiger partial charge is 0.495 e. The third kappa shape index (κ3) is 10.5. The van der Waals surface area contributed by atoms with Gasteiger partial charge in [-0.05, 0) is 50.1 Å². The number of aliphatic carboxylic acids is 1. The van der Waals surface area contributed by atoms with E-state index in [2.05, 4.69) is 16.0 Å². The van der Waals surface area contributed by atoms with E-state index in [9.17, 15) is 19.2 Å². The molecule has 0 aliphatic carbocycles. The Hall–Kier alpha value is -4.54. The fourth-order valence-electron chi connectivity index (χ4n) is 3.83. The van der Waals surface area contributed by atoms with E-state index >= 15 is 0 Å². The van der Waals surface area contributed by atoms with Crippen molar-refractivity contribution in [3.8, 4) is 5.75 Å². The van der Waals surface area contributed by atoms with Crippen molar-refractivity contribution in [1.82, 2.24) is 15.1 Å². The summed E-state index contributed by atoms with van der Waals surface area (Å²) in [6.07, 6.45) is 3.79. The predicted octanol–water partition coefficient (Wildman–Crippen LogP) is 4.35. The number of hydrogen-bond donors (Lipinski definition) is 4. The number of carboxylic acids is 1. The lowest BCUT2D eigenvalue weighted by Crippen LogP contribution is -2.42. The number of carbonyl (C=O) groups excluding carboxylic acids is 3. The quantitative estimate of drug-likeness (QED) is 0.250. The van der Waals surface area contributed by atoms with Crippen LogP contribution in [0.5, 0.6) is 5.75 Å². The van der Waals surface area contributed by atoms with E-state index in [0.717, 1.165) is 11.1 Å². The van der Waals surface area contributed by atoms with Gasteiger partial charge in [-0.1, -0.05) is 43.3 Å². The number of nitrogens with one attached hydrogen (secondary N) is 3. The Morgan fingerprint density at radius 2 is 1.59 bits per heavy atom. The lowest BCUT2D eigenvalue weighted by Gasteiger charge is -2.21. The zero-order valence-electron chi connectivity index (χ0n) is 24.4. The number of likely N-dealkylation sites (N-methyl/N-ethyl adjacent to an activating group) is 2. The molecule has 5 amide bonds. The molecule has 0 saturated carbocycles. The van der Waals surface area contributed by atoms with E-state index in [4.69, 9.17) is 9.84 Å². The number of rotatable bonds is 14. The molecule has 0 fully saturated rings. The topological polar surface area (TPSA) is 140 Å². The van der Waals surface area contributed by atoms with Gasteiger partial charge in [-0.15, -0.1) is 0 Å². The second-order valence-electron chi connectivity index (χ2n) is 9.47. The Kier molecular flexibility index (Phi) is 13.2. The van der Waals surface area contributed by atoms with Gasteiger partial charge in [-0.3, -0.25) is 9.59 Å². The molecule has 0 aromatic heterocycles. The minimum absolute atomic E-state index is 0.0505. The van der Waals surface area contributed by atoms with Gasteiger partial charge in [0.1, 0.15) is 5.75 Å². The van der Waals surface area contributed by atoms with Crippen molar-refractivity contribution < 1.29 is 29.0 Å². The van der Waals surface area contributed by atoms with Crippen LogP contribution >= 0.6 is 0 Å².